The third-order valence-electron chi connectivity index (χ3n) is 3.63. The minimum atomic E-state index is -3.50. The van der Waals surface area contributed by atoms with Gasteiger partial charge in [0.2, 0.25) is 0 Å². The molecule has 24 heavy (non-hydrogen) atoms. The van der Waals surface area contributed by atoms with Gasteiger partial charge in [-0.05, 0) is 36.2 Å². The average Bonchev–Trinajstić information content (AvgIpc) is 3.04. The summed E-state index contributed by atoms with van der Waals surface area (Å²) in [5.41, 5.74) is 1.89. The minimum Gasteiger partial charge on any atom is -0.334 e. The SMILES string of the molecule is CCCc1ccc(S(=O)(=O)Cc2noc(-c3ccccc3)n2)cc1. The zero-order chi connectivity index (χ0) is 17.0. The Morgan fingerprint density at radius 3 is 2.38 bits per heavy atom. The van der Waals surface area contributed by atoms with Crippen LogP contribution in [-0.4, -0.2) is 18.6 Å². The predicted octanol–water partition coefficient (Wildman–Crippen LogP) is 3.66. The van der Waals surface area contributed by atoms with Crippen molar-refractivity contribution in [2.24, 2.45) is 0 Å². The van der Waals surface area contributed by atoms with Gasteiger partial charge in [-0.1, -0.05) is 48.8 Å². The lowest BCUT2D eigenvalue weighted by molar-refractivity contribution is 0.424. The molecule has 0 saturated heterocycles. The smallest absolute Gasteiger partial charge is 0.257 e. The van der Waals surface area contributed by atoms with Crippen LogP contribution in [0.2, 0.25) is 0 Å². The van der Waals surface area contributed by atoms with Crippen LogP contribution in [0.15, 0.2) is 64.0 Å². The van der Waals surface area contributed by atoms with Gasteiger partial charge in [0.1, 0.15) is 5.75 Å². The van der Waals surface area contributed by atoms with Crippen molar-refractivity contribution in [2.75, 3.05) is 0 Å². The lowest BCUT2D eigenvalue weighted by Gasteiger charge is -2.03. The van der Waals surface area contributed by atoms with Crippen molar-refractivity contribution >= 4 is 9.84 Å². The molecule has 0 fully saturated rings. The Kier molecular flexibility index (Phi) is 4.76. The monoisotopic (exact) mass is 342 g/mol. The molecule has 0 bridgehead atoms. The van der Waals surface area contributed by atoms with Crippen molar-refractivity contribution < 1.29 is 12.9 Å². The van der Waals surface area contributed by atoms with Gasteiger partial charge in [-0.25, -0.2) is 8.42 Å². The highest BCUT2D eigenvalue weighted by Gasteiger charge is 2.19. The second-order valence-corrected chi connectivity index (χ2v) is 7.52. The van der Waals surface area contributed by atoms with E-state index in [-0.39, 0.29) is 16.5 Å². The Balaban J connectivity index is 1.78. The van der Waals surface area contributed by atoms with Crippen LogP contribution in [0.5, 0.6) is 0 Å². The molecule has 0 saturated carbocycles. The molecular weight excluding hydrogens is 324 g/mol. The van der Waals surface area contributed by atoms with E-state index >= 15 is 0 Å². The number of nitrogens with zero attached hydrogens (tertiary/aromatic N) is 2. The summed E-state index contributed by atoms with van der Waals surface area (Å²) in [6.07, 6.45) is 1.96. The van der Waals surface area contributed by atoms with Gasteiger partial charge in [-0.2, -0.15) is 4.98 Å². The fraction of sp³-hybridized carbons (Fsp3) is 0.222. The van der Waals surface area contributed by atoms with Gasteiger partial charge >= 0.3 is 0 Å². The third-order valence-corrected chi connectivity index (χ3v) is 5.26. The molecule has 0 spiro atoms. The summed E-state index contributed by atoms with van der Waals surface area (Å²) in [6, 6.07) is 16.2. The molecule has 0 radical (unpaired) electrons. The summed E-state index contributed by atoms with van der Waals surface area (Å²) in [6.45, 7) is 2.09. The van der Waals surface area contributed by atoms with Gasteiger partial charge in [-0.3, -0.25) is 0 Å². The van der Waals surface area contributed by atoms with E-state index in [4.69, 9.17) is 4.52 Å². The number of hydrogen-bond donors (Lipinski definition) is 0. The van der Waals surface area contributed by atoms with E-state index < -0.39 is 9.84 Å². The summed E-state index contributed by atoms with van der Waals surface area (Å²) >= 11 is 0. The molecule has 0 aliphatic rings. The van der Waals surface area contributed by atoms with E-state index in [9.17, 15) is 8.42 Å². The van der Waals surface area contributed by atoms with Crippen LogP contribution < -0.4 is 0 Å². The van der Waals surface area contributed by atoms with Crippen molar-refractivity contribution in [1.82, 2.24) is 10.1 Å². The maximum Gasteiger partial charge on any atom is 0.257 e. The average molecular weight is 342 g/mol. The molecule has 6 heteroatoms. The maximum absolute atomic E-state index is 12.5. The molecule has 0 unspecified atom stereocenters. The fourth-order valence-electron chi connectivity index (χ4n) is 2.42. The molecule has 3 rings (SSSR count). The molecule has 0 aliphatic carbocycles. The van der Waals surface area contributed by atoms with Crippen molar-refractivity contribution in [1.29, 1.82) is 0 Å². The lowest BCUT2D eigenvalue weighted by Crippen LogP contribution is -2.06. The van der Waals surface area contributed by atoms with E-state index in [1.165, 1.54) is 0 Å². The Morgan fingerprint density at radius 1 is 1.00 bits per heavy atom. The number of aromatic nitrogens is 2. The third kappa shape index (κ3) is 3.71. The van der Waals surface area contributed by atoms with Gasteiger partial charge in [0.25, 0.3) is 5.89 Å². The van der Waals surface area contributed by atoms with Crippen molar-refractivity contribution in [2.45, 2.75) is 30.4 Å². The maximum atomic E-state index is 12.5. The van der Waals surface area contributed by atoms with Crippen LogP contribution in [0.4, 0.5) is 0 Å². The molecule has 1 aromatic heterocycles. The molecule has 3 aromatic rings. The zero-order valence-electron chi connectivity index (χ0n) is 13.3. The van der Waals surface area contributed by atoms with Crippen molar-refractivity contribution in [3.63, 3.8) is 0 Å². The van der Waals surface area contributed by atoms with E-state index in [1.807, 2.05) is 42.5 Å². The first-order valence-corrected chi connectivity index (χ1v) is 9.43. The number of benzene rings is 2. The molecule has 0 aliphatic heterocycles. The highest BCUT2D eigenvalue weighted by atomic mass is 32.2. The van der Waals surface area contributed by atoms with Crippen LogP contribution in [0, 0.1) is 0 Å². The summed E-state index contributed by atoms with van der Waals surface area (Å²) in [7, 11) is -3.50. The molecule has 5 nitrogen and oxygen atoms in total. The molecule has 0 amide bonds. The lowest BCUT2D eigenvalue weighted by atomic mass is 10.1. The molecule has 1 heterocycles. The van der Waals surface area contributed by atoms with Gasteiger partial charge in [0.05, 0.1) is 4.90 Å². The second-order valence-electron chi connectivity index (χ2n) is 5.53. The van der Waals surface area contributed by atoms with Gasteiger partial charge in [0.15, 0.2) is 15.7 Å². The second kappa shape index (κ2) is 6.97. The van der Waals surface area contributed by atoms with E-state index in [0.717, 1.165) is 24.0 Å². The quantitative estimate of drug-likeness (QED) is 0.683. The predicted molar refractivity (Wildman–Crippen MR) is 91.1 cm³/mol. The van der Waals surface area contributed by atoms with Crippen LogP contribution in [0.1, 0.15) is 24.7 Å². The topological polar surface area (TPSA) is 73.1 Å². The molecule has 2 aromatic carbocycles. The number of hydrogen-bond acceptors (Lipinski definition) is 5. The zero-order valence-corrected chi connectivity index (χ0v) is 14.2. The first kappa shape index (κ1) is 16.4. The molecular formula is C18H18N2O3S. The highest BCUT2D eigenvalue weighted by molar-refractivity contribution is 7.90. The first-order chi connectivity index (χ1) is 11.6. The van der Waals surface area contributed by atoms with Crippen LogP contribution in [0.3, 0.4) is 0 Å². The number of aryl methyl sites for hydroxylation is 1. The minimum absolute atomic E-state index is 0.159. The fourth-order valence-corrected chi connectivity index (χ4v) is 3.59. The van der Waals surface area contributed by atoms with Gasteiger partial charge in [-0.15, -0.1) is 0 Å². The largest absolute Gasteiger partial charge is 0.334 e. The number of sulfone groups is 1. The van der Waals surface area contributed by atoms with E-state index in [0.29, 0.717) is 5.89 Å². The standard InChI is InChI=1S/C18H18N2O3S/c1-2-6-14-9-11-16(12-10-14)24(21,22)13-17-19-18(23-20-17)15-7-4-3-5-8-15/h3-5,7-12H,2,6,13H2,1H3. The van der Waals surface area contributed by atoms with Crippen LogP contribution in [0.25, 0.3) is 11.5 Å². The number of rotatable bonds is 6. The summed E-state index contributed by atoms with van der Waals surface area (Å²) in [5.74, 6) is 0.196. The van der Waals surface area contributed by atoms with E-state index in [1.54, 1.807) is 12.1 Å². The molecule has 0 atom stereocenters. The Morgan fingerprint density at radius 2 is 1.71 bits per heavy atom. The van der Waals surface area contributed by atoms with Gasteiger partial charge in [0, 0.05) is 5.56 Å². The van der Waals surface area contributed by atoms with Crippen molar-refractivity contribution in [3.8, 4) is 11.5 Å². The first-order valence-electron chi connectivity index (χ1n) is 7.78. The highest BCUT2D eigenvalue weighted by Crippen LogP contribution is 2.20. The summed E-state index contributed by atoms with van der Waals surface area (Å²) in [4.78, 5) is 4.45. The van der Waals surface area contributed by atoms with Crippen LogP contribution >= 0.6 is 0 Å². The van der Waals surface area contributed by atoms with Crippen molar-refractivity contribution in [3.05, 3.63) is 66.0 Å². The normalized spacial score (nSPS) is 11.5. The molecule has 0 N–H and O–H groups in total. The Bertz CT molecular complexity index is 901. The van der Waals surface area contributed by atoms with E-state index in [2.05, 4.69) is 17.1 Å². The van der Waals surface area contributed by atoms with Crippen LogP contribution in [-0.2, 0) is 22.0 Å². The molecule has 124 valence electrons. The Labute approximate surface area is 141 Å². The summed E-state index contributed by atoms with van der Waals surface area (Å²) < 4.78 is 30.1. The summed E-state index contributed by atoms with van der Waals surface area (Å²) in [5, 5.41) is 3.78. The Hall–Kier alpha value is -2.47. The van der Waals surface area contributed by atoms with Gasteiger partial charge < -0.3 is 4.52 Å².